The van der Waals surface area contributed by atoms with Crippen molar-refractivity contribution < 1.29 is 15.0 Å². The lowest BCUT2D eigenvalue weighted by Crippen LogP contribution is -2.45. The van der Waals surface area contributed by atoms with E-state index in [1.807, 2.05) is 12.2 Å². The number of allylic oxidation sites excluding steroid dienone is 17. The molecule has 2 unspecified atom stereocenters. The van der Waals surface area contributed by atoms with Gasteiger partial charge in [0.2, 0.25) is 5.91 Å². The number of hydrogen-bond donors (Lipinski definition) is 3. The average molecular weight is 578 g/mol. The first-order chi connectivity index (χ1) is 20.7. The lowest BCUT2D eigenvalue weighted by molar-refractivity contribution is -0.122. The van der Waals surface area contributed by atoms with Crippen molar-refractivity contribution in [1.82, 2.24) is 5.32 Å². The molecule has 0 fully saturated rings. The Bertz CT molecular complexity index is 886. The highest BCUT2D eigenvalue weighted by Crippen LogP contribution is 2.03. The van der Waals surface area contributed by atoms with Crippen LogP contribution in [0.2, 0.25) is 0 Å². The third-order valence-corrected chi connectivity index (χ3v) is 6.21. The molecule has 0 aliphatic heterocycles. The molecule has 4 nitrogen and oxygen atoms in total. The highest BCUT2D eigenvalue weighted by molar-refractivity contribution is 5.76. The van der Waals surface area contributed by atoms with Crippen molar-refractivity contribution in [3.63, 3.8) is 0 Å². The van der Waals surface area contributed by atoms with Gasteiger partial charge in [0, 0.05) is 6.42 Å². The molecule has 1 amide bonds. The summed E-state index contributed by atoms with van der Waals surface area (Å²) in [6, 6.07) is -0.690. The van der Waals surface area contributed by atoms with Crippen molar-refractivity contribution in [1.29, 1.82) is 0 Å². The molecule has 0 rings (SSSR count). The minimum absolute atomic E-state index is 0.169. The molecule has 0 spiro atoms. The van der Waals surface area contributed by atoms with Gasteiger partial charge < -0.3 is 15.5 Å². The number of hydrogen-bond acceptors (Lipinski definition) is 3. The summed E-state index contributed by atoms with van der Waals surface area (Å²) in [6.07, 6.45) is 50.3. The van der Waals surface area contributed by atoms with Gasteiger partial charge in [0.05, 0.1) is 18.8 Å². The number of rotatable bonds is 26. The van der Waals surface area contributed by atoms with E-state index in [1.165, 1.54) is 6.42 Å². The fourth-order valence-electron chi connectivity index (χ4n) is 3.76. The molecule has 0 aromatic heterocycles. The van der Waals surface area contributed by atoms with Gasteiger partial charge in [0.1, 0.15) is 0 Å². The number of aliphatic hydroxyl groups excluding tert-OH is 2. The third-order valence-electron chi connectivity index (χ3n) is 6.21. The molecular formula is C38H59NO3. The first kappa shape index (κ1) is 39.1. The Kier molecular flexibility index (Phi) is 30.3. The van der Waals surface area contributed by atoms with Crippen LogP contribution >= 0.6 is 0 Å². The van der Waals surface area contributed by atoms with Crippen LogP contribution in [0.15, 0.2) is 109 Å². The summed E-state index contributed by atoms with van der Waals surface area (Å²) in [5.74, 6) is -0.169. The number of amides is 1. The van der Waals surface area contributed by atoms with E-state index in [1.54, 1.807) is 6.08 Å². The van der Waals surface area contributed by atoms with Gasteiger partial charge in [0.15, 0.2) is 0 Å². The minimum Gasteiger partial charge on any atom is -0.394 e. The van der Waals surface area contributed by atoms with Crippen LogP contribution in [0.3, 0.4) is 0 Å². The Morgan fingerprint density at radius 3 is 1.43 bits per heavy atom. The highest BCUT2D eigenvalue weighted by atomic mass is 16.3. The second kappa shape index (κ2) is 32.6. The lowest BCUT2D eigenvalue weighted by Gasteiger charge is -2.19. The molecule has 0 aliphatic carbocycles. The molecule has 0 radical (unpaired) electrons. The van der Waals surface area contributed by atoms with Crippen LogP contribution in [0.5, 0.6) is 0 Å². The maximum atomic E-state index is 12.2. The molecule has 42 heavy (non-hydrogen) atoms. The van der Waals surface area contributed by atoms with Crippen LogP contribution in [0.4, 0.5) is 0 Å². The van der Waals surface area contributed by atoms with Crippen LogP contribution in [-0.4, -0.2) is 34.9 Å². The predicted octanol–water partition coefficient (Wildman–Crippen LogP) is 9.33. The zero-order chi connectivity index (χ0) is 30.8. The normalized spacial score (nSPS) is 14.7. The Hall–Kier alpha value is -2.95. The van der Waals surface area contributed by atoms with E-state index in [0.29, 0.717) is 12.8 Å². The number of carbonyl (C=O) groups is 1. The molecule has 0 saturated heterocycles. The maximum Gasteiger partial charge on any atom is 0.220 e. The SMILES string of the molecule is CC/C=C\C/C=C\C/C=C\C/C=C\C/C=C\C/C=C\CCC(=O)NC(CO)C(O)/C=C/CC/C=C/CC/C=C/CCC. The average Bonchev–Trinajstić information content (AvgIpc) is 2.99. The maximum absolute atomic E-state index is 12.2. The molecule has 4 heteroatoms. The molecule has 0 bridgehead atoms. The summed E-state index contributed by atoms with van der Waals surface area (Å²) in [4.78, 5) is 12.2. The standard InChI is InChI=1S/C38H59NO3/c1-3-5-7-9-11-13-15-16-17-18-19-20-21-22-24-26-28-30-32-34-38(42)39-36(35-40)37(41)33-31-29-27-25-23-14-12-10-8-6-4-2/h5,7-8,10-11,13,16-17,19-20,22-25,28,30-31,33,36-37,40-41H,3-4,6,9,12,14-15,18,21,26-27,29,32,34-35H2,1-2H3,(H,39,42)/b7-5-,10-8+,13-11-,17-16-,20-19-,24-22-,25-23+,30-28-,33-31+. The quantitative estimate of drug-likeness (QED) is 0.0708. The van der Waals surface area contributed by atoms with Crippen molar-refractivity contribution in [2.75, 3.05) is 6.61 Å². The molecular weight excluding hydrogens is 518 g/mol. The van der Waals surface area contributed by atoms with E-state index in [9.17, 15) is 15.0 Å². The summed E-state index contributed by atoms with van der Waals surface area (Å²) >= 11 is 0. The number of carbonyl (C=O) groups excluding carboxylic acids is 1. The molecule has 2 atom stereocenters. The summed E-state index contributed by atoms with van der Waals surface area (Å²) in [5, 5.41) is 22.7. The van der Waals surface area contributed by atoms with E-state index in [0.717, 1.165) is 70.6 Å². The van der Waals surface area contributed by atoms with E-state index in [2.05, 4.69) is 110 Å². The van der Waals surface area contributed by atoms with Crippen molar-refractivity contribution in [2.45, 2.75) is 116 Å². The van der Waals surface area contributed by atoms with Gasteiger partial charge in [-0.3, -0.25) is 4.79 Å². The molecule has 0 aromatic rings. The Morgan fingerprint density at radius 2 is 0.976 bits per heavy atom. The van der Waals surface area contributed by atoms with Gasteiger partial charge in [0.25, 0.3) is 0 Å². The summed E-state index contributed by atoms with van der Waals surface area (Å²) < 4.78 is 0. The lowest BCUT2D eigenvalue weighted by atomic mass is 10.1. The topological polar surface area (TPSA) is 69.6 Å². The Morgan fingerprint density at radius 1 is 0.571 bits per heavy atom. The third kappa shape index (κ3) is 28.6. The Balaban J connectivity index is 3.94. The fourth-order valence-corrected chi connectivity index (χ4v) is 3.76. The summed E-state index contributed by atoms with van der Waals surface area (Å²) in [7, 11) is 0. The van der Waals surface area contributed by atoms with Gasteiger partial charge in [-0.25, -0.2) is 0 Å². The molecule has 0 aromatic carbocycles. The summed E-state index contributed by atoms with van der Waals surface area (Å²) in [5.41, 5.74) is 0. The number of nitrogens with one attached hydrogen (secondary N) is 1. The molecule has 0 heterocycles. The smallest absolute Gasteiger partial charge is 0.220 e. The summed E-state index contributed by atoms with van der Waals surface area (Å²) in [6.45, 7) is 4.03. The van der Waals surface area contributed by atoms with E-state index >= 15 is 0 Å². The van der Waals surface area contributed by atoms with Gasteiger partial charge in [-0.15, -0.1) is 0 Å². The van der Waals surface area contributed by atoms with Crippen LogP contribution in [0, 0.1) is 0 Å². The van der Waals surface area contributed by atoms with Crippen LogP contribution < -0.4 is 5.32 Å². The van der Waals surface area contributed by atoms with Gasteiger partial charge >= 0.3 is 0 Å². The monoisotopic (exact) mass is 577 g/mol. The Labute approximate surface area is 257 Å². The van der Waals surface area contributed by atoms with E-state index in [-0.39, 0.29) is 12.5 Å². The second-order valence-electron chi connectivity index (χ2n) is 10.1. The van der Waals surface area contributed by atoms with Gasteiger partial charge in [-0.1, -0.05) is 130 Å². The van der Waals surface area contributed by atoms with Gasteiger partial charge in [-0.2, -0.15) is 0 Å². The van der Waals surface area contributed by atoms with Crippen molar-refractivity contribution in [3.05, 3.63) is 109 Å². The van der Waals surface area contributed by atoms with E-state index < -0.39 is 12.1 Å². The van der Waals surface area contributed by atoms with Crippen LogP contribution in [0.1, 0.15) is 104 Å². The van der Waals surface area contributed by atoms with Crippen LogP contribution in [0.25, 0.3) is 0 Å². The fraction of sp³-hybridized carbons (Fsp3) is 0.500. The first-order valence-electron chi connectivity index (χ1n) is 16.1. The number of unbranched alkanes of at least 4 members (excludes halogenated alkanes) is 3. The van der Waals surface area contributed by atoms with Crippen molar-refractivity contribution in [2.24, 2.45) is 0 Å². The molecule has 0 aliphatic rings. The minimum atomic E-state index is -0.905. The van der Waals surface area contributed by atoms with Gasteiger partial charge in [-0.05, 0) is 77.0 Å². The molecule has 0 saturated carbocycles. The molecule has 234 valence electrons. The number of aliphatic hydroxyl groups is 2. The molecule has 3 N–H and O–H groups in total. The first-order valence-corrected chi connectivity index (χ1v) is 16.1. The van der Waals surface area contributed by atoms with E-state index in [4.69, 9.17) is 0 Å². The largest absolute Gasteiger partial charge is 0.394 e. The second-order valence-corrected chi connectivity index (χ2v) is 10.1. The zero-order valence-electron chi connectivity index (χ0n) is 26.5. The highest BCUT2D eigenvalue weighted by Gasteiger charge is 2.17. The van der Waals surface area contributed by atoms with Crippen molar-refractivity contribution in [3.8, 4) is 0 Å². The zero-order valence-corrected chi connectivity index (χ0v) is 26.5. The van der Waals surface area contributed by atoms with Crippen LogP contribution in [-0.2, 0) is 4.79 Å². The predicted molar refractivity (Wildman–Crippen MR) is 183 cm³/mol. The van der Waals surface area contributed by atoms with Crippen molar-refractivity contribution >= 4 is 5.91 Å².